The van der Waals surface area contributed by atoms with Gasteiger partial charge in [0.1, 0.15) is 0 Å². The highest BCUT2D eigenvalue weighted by Crippen LogP contribution is 2.54. The Morgan fingerprint density at radius 3 is 2.29 bits per heavy atom. The quantitative estimate of drug-likeness (QED) is 0.421. The van der Waals surface area contributed by atoms with Crippen LogP contribution in [0.15, 0.2) is 35.2 Å². The van der Waals surface area contributed by atoms with Gasteiger partial charge in [-0.3, -0.25) is 4.79 Å². The van der Waals surface area contributed by atoms with E-state index >= 15 is 0 Å². The number of aliphatic hydroxyl groups is 1. The lowest BCUT2D eigenvalue weighted by molar-refractivity contribution is -0.0576. The Kier molecular flexibility index (Phi) is 7.65. The molecule has 4 rings (SSSR count). The Labute approximate surface area is 223 Å². The third-order valence-corrected chi connectivity index (χ3v) is 10.9. The molecule has 2 aliphatic carbocycles. The Bertz CT molecular complexity index is 1480. The Morgan fingerprint density at radius 2 is 1.71 bits per heavy atom. The first-order valence-corrected chi connectivity index (χ1v) is 15.5. The fraction of sp³-hybridized carbons (Fsp3) is 0.458. The van der Waals surface area contributed by atoms with E-state index in [1.807, 2.05) is 6.92 Å². The average molecular weight is 595 g/mol. The molecule has 2 aliphatic rings. The van der Waals surface area contributed by atoms with Crippen molar-refractivity contribution in [1.29, 1.82) is 0 Å². The number of hydrogen-bond donors (Lipinski definition) is 3. The molecular formula is C24H26ClF3N2O6S2. The first-order chi connectivity index (χ1) is 17.5. The fourth-order valence-corrected chi connectivity index (χ4v) is 8.56. The molecule has 5 atom stereocenters. The summed E-state index contributed by atoms with van der Waals surface area (Å²) in [4.78, 5) is 12.4. The van der Waals surface area contributed by atoms with Crippen molar-refractivity contribution in [3.63, 3.8) is 0 Å². The summed E-state index contributed by atoms with van der Waals surface area (Å²) < 4.78 is 93.1. The van der Waals surface area contributed by atoms with Crippen molar-refractivity contribution >= 4 is 43.1 Å². The summed E-state index contributed by atoms with van der Waals surface area (Å²) in [5.41, 5.74) is -1.94. The van der Waals surface area contributed by atoms with Gasteiger partial charge in [0.2, 0.25) is 10.0 Å². The SMILES string of the molecule is C[C@H]1CC2C[C@@H](S(=O)(=O)c3cc(C(=O)Nc4cc(F)c(F)c(F)c4)ccc3Cl)CC1[C@@]2(O)CNS(C)(=O)=O. The number of carbonyl (C=O) groups excluding carboxylic acids is 1. The molecule has 1 amide bonds. The van der Waals surface area contributed by atoms with E-state index in [1.165, 1.54) is 12.1 Å². The third kappa shape index (κ3) is 5.44. The standard InChI is InChI=1S/C24H26ClF3N2O6S2/c1-12-5-14-7-16(10-17(12)24(14,32)11-29-37(2,33)34)38(35,36)21-6-13(3-4-18(21)25)23(31)30-15-8-19(26)22(28)20(27)9-15/h3-4,6,8-9,12,14,16-17,29,32H,5,7,10-11H2,1-2H3,(H,30,31)/t12-,14?,16+,17?,24+/m0/s1. The van der Waals surface area contributed by atoms with Gasteiger partial charge < -0.3 is 10.4 Å². The van der Waals surface area contributed by atoms with Crippen LogP contribution in [0.4, 0.5) is 18.9 Å². The van der Waals surface area contributed by atoms with Gasteiger partial charge in [0, 0.05) is 29.9 Å². The van der Waals surface area contributed by atoms with Crippen molar-refractivity contribution in [1.82, 2.24) is 4.72 Å². The van der Waals surface area contributed by atoms with Gasteiger partial charge in [-0.1, -0.05) is 18.5 Å². The van der Waals surface area contributed by atoms with Crippen LogP contribution >= 0.6 is 11.6 Å². The molecule has 0 saturated heterocycles. The maximum absolute atomic E-state index is 13.7. The van der Waals surface area contributed by atoms with E-state index in [0.29, 0.717) is 18.6 Å². The maximum atomic E-state index is 13.7. The molecule has 38 heavy (non-hydrogen) atoms. The second-order valence-corrected chi connectivity index (χ2v) is 14.5. The molecule has 2 saturated carbocycles. The van der Waals surface area contributed by atoms with Crippen molar-refractivity contribution in [3.8, 4) is 0 Å². The zero-order chi connectivity index (χ0) is 28.2. The summed E-state index contributed by atoms with van der Waals surface area (Å²) in [6.45, 7) is 1.66. The van der Waals surface area contributed by atoms with Gasteiger partial charge in [-0.05, 0) is 55.2 Å². The van der Waals surface area contributed by atoms with Gasteiger partial charge in [-0.15, -0.1) is 0 Å². The fourth-order valence-electron chi connectivity index (χ4n) is 5.69. The molecule has 8 nitrogen and oxygen atoms in total. The second kappa shape index (κ2) is 10.1. The van der Waals surface area contributed by atoms with Gasteiger partial charge >= 0.3 is 0 Å². The monoisotopic (exact) mass is 594 g/mol. The van der Waals surface area contributed by atoms with Crippen LogP contribution in [0.2, 0.25) is 5.02 Å². The molecule has 0 aromatic heterocycles. The van der Waals surface area contributed by atoms with E-state index in [-0.39, 0.29) is 46.5 Å². The van der Waals surface area contributed by atoms with Crippen molar-refractivity contribution < 1.29 is 39.9 Å². The number of sulfonamides is 1. The minimum absolute atomic E-state index is 0.0584. The van der Waals surface area contributed by atoms with Crippen LogP contribution in [0.1, 0.15) is 36.5 Å². The van der Waals surface area contributed by atoms with Crippen LogP contribution in [-0.4, -0.2) is 51.5 Å². The highest BCUT2D eigenvalue weighted by molar-refractivity contribution is 7.92. The number of hydrogen-bond acceptors (Lipinski definition) is 6. The predicted octanol–water partition coefficient (Wildman–Crippen LogP) is 3.50. The largest absolute Gasteiger partial charge is 0.388 e. The van der Waals surface area contributed by atoms with E-state index < -0.39 is 65.9 Å². The third-order valence-electron chi connectivity index (χ3n) is 7.55. The van der Waals surface area contributed by atoms with E-state index in [1.54, 1.807) is 0 Å². The van der Waals surface area contributed by atoms with Crippen LogP contribution in [0.3, 0.4) is 0 Å². The van der Waals surface area contributed by atoms with Gasteiger partial charge in [0.15, 0.2) is 27.3 Å². The molecule has 2 fully saturated rings. The van der Waals surface area contributed by atoms with Gasteiger partial charge in [-0.25, -0.2) is 34.7 Å². The molecule has 0 radical (unpaired) electrons. The van der Waals surface area contributed by atoms with Gasteiger partial charge in [0.05, 0.1) is 27.0 Å². The molecule has 2 aromatic rings. The maximum Gasteiger partial charge on any atom is 0.255 e. The lowest BCUT2D eigenvalue weighted by Crippen LogP contribution is -2.55. The highest BCUT2D eigenvalue weighted by atomic mass is 35.5. The van der Waals surface area contributed by atoms with E-state index in [2.05, 4.69) is 10.0 Å². The summed E-state index contributed by atoms with van der Waals surface area (Å²) >= 11 is 6.22. The lowest BCUT2D eigenvalue weighted by atomic mass is 9.73. The predicted molar refractivity (Wildman–Crippen MR) is 134 cm³/mol. The first kappa shape index (κ1) is 28.8. The Morgan fingerprint density at radius 1 is 1.08 bits per heavy atom. The average Bonchev–Trinajstić information content (AvgIpc) is 2.94. The van der Waals surface area contributed by atoms with Crippen LogP contribution in [-0.2, 0) is 19.9 Å². The van der Waals surface area contributed by atoms with Gasteiger partial charge in [0.25, 0.3) is 5.91 Å². The van der Waals surface area contributed by atoms with E-state index in [0.717, 1.165) is 12.3 Å². The molecule has 3 N–H and O–H groups in total. The van der Waals surface area contributed by atoms with Crippen molar-refractivity contribution in [3.05, 3.63) is 58.4 Å². The van der Waals surface area contributed by atoms with Gasteiger partial charge in [-0.2, -0.15) is 0 Å². The zero-order valence-corrected chi connectivity index (χ0v) is 22.7. The molecule has 2 bridgehead atoms. The smallest absolute Gasteiger partial charge is 0.255 e. The molecule has 0 aliphatic heterocycles. The summed E-state index contributed by atoms with van der Waals surface area (Å²) in [5.74, 6) is -6.65. The van der Waals surface area contributed by atoms with Crippen LogP contribution in [0, 0.1) is 35.2 Å². The van der Waals surface area contributed by atoms with Crippen molar-refractivity contribution in [2.75, 3.05) is 18.1 Å². The van der Waals surface area contributed by atoms with Crippen LogP contribution in [0.25, 0.3) is 0 Å². The number of rotatable bonds is 7. The second-order valence-electron chi connectivity index (χ2n) is 10.1. The summed E-state index contributed by atoms with van der Waals surface area (Å²) in [7, 11) is -7.69. The number of amides is 1. The number of nitrogens with one attached hydrogen (secondary N) is 2. The number of sulfone groups is 1. The summed E-state index contributed by atoms with van der Waals surface area (Å²) in [6, 6.07) is 4.67. The minimum atomic E-state index is -4.11. The summed E-state index contributed by atoms with van der Waals surface area (Å²) in [5, 5.41) is 12.5. The Balaban J connectivity index is 1.59. The molecule has 0 spiro atoms. The minimum Gasteiger partial charge on any atom is -0.388 e. The van der Waals surface area contributed by atoms with E-state index in [9.17, 15) is 39.9 Å². The topological polar surface area (TPSA) is 130 Å². The highest BCUT2D eigenvalue weighted by Gasteiger charge is 2.58. The van der Waals surface area contributed by atoms with Crippen molar-refractivity contribution in [2.24, 2.45) is 17.8 Å². The molecule has 2 unspecified atom stereocenters. The first-order valence-electron chi connectivity index (χ1n) is 11.7. The molecule has 208 valence electrons. The number of fused-ring (bicyclic) bond motifs is 2. The summed E-state index contributed by atoms with van der Waals surface area (Å²) in [6.07, 6.45) is 1.61. The molecular weight excluding hydrogens is 569 g/mol. The van der Waals surface area contributed by atoms with E-state index in [4.69, 9.17) is 11.6 Å². The normalized spacial score (nSPS) is 27.3. The Hall–Kier alpha value is -2.19. The lowest BCUT2D eigenvalue weighted by Gasteiger charge is -2.43. The number of carbonyl (C=O) groups is 1. The zero-order valence-electron chi connectivity index (χ0n) is 20.3. The number of anilines is 1. The number of benzene rings is 2. The van der Waals surface area contributed by atoms with Crippen LogP contribution in [0.5, 0.6) is 0 Å². The number of halogens is 4. The molecule has 14 heteroatoms. The van der Waals surface area contributed by atoms with Crippen molar-refractivity contribution in [2.45, 2.75) is 41.9 Å². The molecule has 2 aromatic carbocycles. The van der Waals surface area contributed by atoms with Crippen LogP contribution < -0.4 is 10.0 Å². The molecule has 0 heterocycles.